The van der Waals surface area contributed by atoms with Gasteiger partial charge >= 0.3 is 0 Å². The highest BCUT2D eigenvalue weighted by Crippen LogP contribution is 2.23. The van der Waals surface area contributed by atoms with Gasteiger partial charge in [-0.15, -0.1) is 0 Å². The first-order valence-electron chi connectivity index (χ1n) is 45.7. The number of rotatable bonds is 57. The van der Waals surface area contributed by atoms with Gasteiger partial charge in [-0.25, -0.2) is 0 Å². The molecule has 0 spiro atoms. The Balaban J connectivity index is -0.000000707. The monoisotopic (exact) mass is 1690 g/mol. The van der Waals surface area contributed by atoms with Crippen LogP contribution in [0.15, 0.2) is 18.2 Å². The highest BCUT2D eigenvalue weighted by atomic mass is 16.2. The van der Waals surface area contributed by atoms with E-state index in [2.05, 4.69) is 88.9 Å². The van der Waals surface area contributed by atoms with Crippen LogP contribution in [-0.4, -0.2) is 203 Å². The summed E-state index contributed by atoms with van der Waals surface area (Å²) in [5.41, 5.74) is 2.42. The molecule has 5 N–H and O–H groups in total. The molecule has 0 bridgehead atoms. The molecule has 0 saturated heterocycles. The SMILES string of the molecule is CC(C)C(=O)CN(CCN(CC(=O)C(C)C)C(=O)C(C)C)CC(=O)C(C)C.CC(C)Cc1cc(C(=O)C(C)C)cc(C(=O)C(C)C)c1.CC(C)NC(CCC(=O)NC(CCC(=O)C(C)C)C(=O)C(C)C)C(=O)C(C)C.CC(C)NCCC(C)[C@H](NC(C)C)C(=O)C(C)C.CC(C)NCCCCC(C(=O)C(C)C)N(CC(=O)C(C)C)CC(=O)C(C)C. The normalized spacial score (nSPS) is 13.1. The van der Waals surface area contributed by atoms with Gasteiger partial charge in [0.25, 0.3) is 0 Å². The molecule has 0 fully saturated rings. The molecule has 0 aliphatic carbocycles. The molecule has 22 heteroatoms. The molecular formula is C98H178N8O14. The zero-order chi connectivity index (χ0) is 94.2. The van der Waals surface area contributed by atoms with Gasteiger partial charge in [-0.1, -0.05) is 263 Å². The zero-order valence-electron chi connectivity index (χ0n) is 82.8. The van der Waals surface area contributed by atoms with E-state index in [0.29, 0.717) is 79.2 Å². The fraction of sp³-hybridized carbons (Fsp3) is 0.796. The highest BCUT2D eigenvalue weighted by molar-refractivity contribution is 6.03. The summed E-state index contributed by atoms with van der Waals surface area (Å²) in [5, 5.41) is 16.2. The number of nitrogens with zero attached hydrogens (tertiary/aromatic N) is 3. The number of hydrogen-bond donors (Lipinski definition) is 5. The standard InChI is InChI=1S/C22H40N2O4.C22H42N2O3.C21H38N2O4.C18H26O2.C15H32N2O/c1-13(2)19(25)11-9-18(22(28)15(5)6)24-20(26)12-10-17(23-16(7)8)21(27)14(3)4;1-15(2)20(25)13-24(14-21(26)16(3)4)19(22(27)17(5)6)11-9-10-12-23-18(7)8;1-14(2)18(24)11-22(12-19(25)15(3)4)9-10-23(21(27)17(7)8)13-20(26)16(5)6;1-11(2)7-14-8-15(17(19)12(3)4)10-16(9-14)18(20)13(5)6;1-10(2)15(18)14(17-12(5)6)13(7)8-9-16-11(3)4/h13-18,23H,9-12H2,1-8H3,(H,24,26);15-19,23H,9-14H2,1-8H3;14-17H,9-13H2,1-8H3;8-13H,7H2,1-6H3;10-14,16-17H,8-9H2,1-7H3/t;;;;13?,14-/m....0/s1. The van der Waals surface area contributed by atoms with Gasteiger partial charge in [-0.05, 0) is 87.2 Å². The molecule has 0 radical (unpaired) electrons. The number of hydrogen-bond acceptors (Lipinski definition) is 20. The van der Waals surface area contributed by atoms with E-state index in [4.69, 9.17) is 0 Å². The van der Waals surface area contributed by atoms with Crippen molar-refractivity contribution in [3.8, 4) is 0 Å². The third-order valence-corrected chi connectivity index (χ3v) is 20.4. The quantitative estimate of drug-likeness (QED) is 0.0299. The van der Waals surface area contributed by atoms with Crippen molar-refractivity contribution in [2.75, 3.05) is 58.9 Å². The van der Waals surface area contributed by atoms with Gasteiger partial charge in [0, 0.05) is 138 Å². The first-order chi connectivity index (χ1) is 55.2. The van der Waals surface area contributed by atoms with Crippen molar-refractivity contribution in [1.29, 1.82) is 0 Å². The number of Topliss-reactive ketones (excluding diaryl/α,β-unsaturated/α-hetero) is 12. The van der Waals surface area contributed by atoms with Crippen LogP contribution in [0.5, 0.6) is 0 Å². The minimum absolute atomic E-state index is 0.00654. The van der Waals surface area contributed by atoms with Crippen molar-refractivity contribution in [2.24, 2.45) is 88.8 Å². The van der Waals surface area contributed by atoms with Crippen molar-refractivity contribution in [3.63, 3.8) is 0 Å². The molecule has 0 aliphatic rings. The molecule has 5 atom stereocenters. The van der Waals surface area contributed by atoms with E-state index in [0.717, 1.165) is 44.3 Å². The lowest BCUT2D eigenvalue weighted by Gasteiger charge is -2.32. The maximum absolute atomic E-state index is 12.9. The molecule has 4 unspecified atom stereocenters. The van der Waals surface area contributed by atoms with Crippen molar-refractivity contribution in [1.82, 2.24) is 41.3 Å². The van der Waals surface area contributed by atoms with Crippen LogP contribution in [0.1, 0.15) is 334 Å². The minimum Gasteiger partial charge on any atom is -0.346 e. The first-order valence-corrected chi connectivity index (χ1v) is 45.7. The van der Waals surface area contributed by atoms with Crippen LogP contribution < -0.4 is 26.6 Å². The predicted molar refractivity (Wildman–Crippen MR) is 493 cm³/mol. The lowest BCUT2D eigenvalue weighted by Crippen LogP contribution is -2.49. The average molecular weight is 1690 g/mol. The summed E-state index contributed by atoms with van der Waals surface area (Å²) in [5.74, 6) is 0.232. The van der Waals surface area contributed by atoms with Gasteiger partial charge in [0.1, 0.15) is 28.9 Å². The Kier molecular flexibility index (Phi) is 64.0. The summed E-state index contributed by atoms with van der Waals surface area (Å²) in [7, 11) is 0. The summed E-state index contributed by atoms with van der Waals surface area (Å²) in [6.07, 6.45) is 5.60. The van der Waals surface area contributed by atoms with Gasteiger partial charge in [-0.2, -0.15) is 0 Å². The molecule has 694 valence electrons. The minimum atomic E-state index is -0.660. The molecule has 0 aromatic heterocycles. The van der Waals surface area contributed by atoms with E-state index in [1.54, 1.807) is 43.6 Å². The van der Waals surface area contributed by atoms with Gasteiger partial charge in [0.15, 0.2) is 40.5 Å². The largest absolute Gasteiger partial charge is 0.346 e. The molecule has 1 aromatic carbocycles. The van der Waals surface area contributed by atoms with Gasteiger partial charge < -0.3 is 31.5 Å². The fourth-order valence-electron chi connectivity index (χ4n) is 12.2. The molecule has 1 aromatic rings. The van der Waals surface area contributed by atoms with Crippen LogP contribution in [0.2, 0.25) is 0 Å². The maximum atomic E-state index is 12.9. The Labute approximate surface area is 730 Å². The van der Waals surface area contributed by atoms with Crippen LogP contribution in [0, 0.1) is 88.8 Å². The number of benzene rings is 1. The summed E-state index contributed by atoms with van der Waals surface area (Å²) >= 11 is 0. The van der Waals surface area contributed by atoms with Gasteiger partial charge in [0.05, 0.1) is 56.9 Å². The molecule has 0 heterocycles. The Bertz CT molecular complexity index is 3150. The molecular weight excluding hydrogens is 1510 g/mol. The molecule has 0 saturated carbocycles. The topological polar surface area (TPSA) is 309 Å². The number of carbonyl (C=O) groups excluding carboxylic acids is 14. The lowest BCUT2D eigenvalue weighted by atomic mass is 9.89. The van der Waals surface area contributed by atoms with E-state index >= 15 is 0 Å². The van der Waals surface area contributed by atoms with Crippen LogP contribution in [0.25, 0.3) is 0 Å². The summed E-state index contributed by atoms with van der Waals surface area (Å²) in [4.78, 5) is 178. The second-order valence-electron chi connectivity index (χ2n) is 38.9. The lowest BCUT2D eigenvalue weighted by molar-refractivity contribution is -0.139. The third-order valence-electron chi connectivity index (χ3n) is 20.4. The van der Waals surface area contributed by atoms with E-state index < -0.39 is 6.04 Å². The number of ketones is 12. The summed E-state index contributed by atoms with van der Waals surface area (Å²) in [6, 6.07) is 5.66. The van der Waals surface area contributed by atoms with E-state index in [-0.39, 0.29) is 222 Å². The van der Waals surface area contributed by atoms with Crippen molar-refractivity contribution >= 4 is 81.2 Å². The Morgan fingerprint density at radius 1 is 0.325 bits per heavy atom. The van der Waals surface area contributed by atoms with Crippen LogP contribution in [0.3, 0.4) is 0 Å². The Morgan fingerprint density at radius 2 is 0.708 bits per heavy atom. The fourth-order valence-corrected chi connectivity index (χ4v) is 12.2. The third kappa shape index (κ3) is 54.6. The molecule has 120 heavy (non-hydrogen) atoms. The zero-order valence-corrected chi connectivity index (χ0v) is 82.8. The molecule has 22 nitrogen and oxygen atoms in total. The second-order valence-corrected chi connectivity index (χ2v) is 38.9. The molecule has 0 aliphatic heterocycles. The van der Waals surface area contributed by atoms with Gasteiger partial charge in [-0.3, -0.25) is 76.9 Å². The maximum Gasteiger partial charge on any atom is 0.225 e. The molecule has 1 rings (SSSR count). The predicted octanol–water partition coefficient (Wildman–Crippen LogP) is 16.2. The molecule has 2 amide bonds. The number of unbranched alkanes of at least 4 members (excludes halogenated alkanes) is 1. The second kappa shape index (κ2) is 63.8. The first kappa shape index (κ1) is 120. The number of carbonyl (C=O) groups is 14. The van der Waals surface area contributed by atoms with Crippen LogP contribution in [0.4, 0.5) is 0 Å². The van der Waals surface area contributed by atoms with Crippen molar-refractivity contribution in [2.45, 2.75) is 362 Å². The van der Waals surface area contributed by atoms with Crippen LogP contribution in [-0.2, 0) is 64.0 Å². The summed E-state index contributed by atoms with van der Waals surface area (Å²) < 4.78 is 0. The Morgan fingerprint density at radius 3 is 1.07 bits per heavy atom. The number of amides is 2. The average Bonchev–Trinajstić information content (AvgIpc) is 0.683. The van der Waals surface area contributed by atoms with E-state index in [1.807, 2.05) is 183 Å². The van der Waals surface area contributed by atoms with E-state index in [9.17, 15) is 67.1 Å². The Hall–Kier alpha value is -6.04. The van der Waals surface area contributed by atoms with Gasteiger partial charge in [0.2, 0.25) is 11.8 Å². The van der Waals surface area contributed by atoms with Crippen molar-refractivity contribution in [3.05, 3.63) is 34.9 Å². The van der Waals surface area contributed by atoms with E-state index in [1.165, 1.54) is 0 Å². The summed E-state index contributed by atoms with van der Waals surface area (Å²) in [6.45, 7) is 74.7. The van der Waals surface area contributed by atoms with Crippen LogP contribution >= 0.6 is 0 Å². The van der Waals surface area contributed by atoms with Crippen molar-refractivity contribution < 1.29 is 67.1 Å². The smallest absolute Gasteiger partial charge is 0.225 e. The highest BCUT2D eigenvalue weighted by Gasteiger charge is 2.34. The number of nitrogens with one attached hydrogen (secondary N) is 5.